The van der Waals surface area contributed by atoms with E-state index in [4.69, 9.17) is 0 Å². The van der Waals surface area contributed by atoms with E-state index in [1.807, 2.05) is 6.92 Å². The highest BCUT2D eigenvalue weighted by Gasteiger charge is 2.31. The van der Waals surface area contributed by atoms with Crippen LogP contribution < -0.4 is 5.32 Å². The lowest BCUT2D eigenvalue weighted by molar-refractivity contribution is -0.134. The van der Waals surface area contributed by atoms with Crippen molar-refractivity contribution < 1.29 is 14.0 Å². The van der Waals surface area contributed by atoms with Crippen LogP contribution in [-0.2, 0) is 9.59 Å². The molecule has 0 aliphatic carbocycles. The molecule has 0 aromatic carbocycles. The third kappa shape index (κ3) is 1.82. The molecule has 0 fully saturated rings. The van der Waals surface area contributed by atoms with Gasteiger partial charge in [0, 0.05) is 0 Å². The second-order valence-corrected chi connectivity index (χ2v) is 3.29. The minimum absolute atomic E-state index is 0.182. The fourth-order valence-electron chi connectivity index (χ4n) is 0.671. The first-order valence-corrected chi connectivity index (χ1v) is 4.34. The van der Waals surface area contributed by atoms with Crippen LogP contribution in [0.4, 0.5) is 4.39 Å². The number of amidine groups is 1. The van der Waals surface area contributed by atoms with E-state index in [0.29, 0.717) is 5.75 Å². The molecule has 1 N–H and O–H groups in total. The average Bonchev–Trinajstić information content (AvgIpc) is 2.01. The summed E-state index contributed by atoms with van der Waals surface area (Å²) >= 11 is 1.19. The molecule has 0 aromatic heterocycles. The van der Waals surface area contributed by atoms with Gasteiger partial charge in [0.25, 0.3) is 18.0 Å². The van der Waals surface area contributed by atoms with Crippen molar-refractivity contribution in [2.45, 2.75) is 13.1 Å². The van der Waals surface area contributed by atoms with Crippen molar-refractivity contribution in [2.75, 3.05) is 5.75 Å². The lowest BCUT2D eigenvalue weighted by Crippen LogP contribution is -2.44. The first kappa shape index (κ1) is 9.18. The Labute approximate surface area is 72.6 Å². The molecule has 1 aliphatic heterocycles. The van der Waals surface area contributed by atoms with Gasteiger partial charge in [-0.25, -0.2) is 4.39 Å². The molecule has 0 spiro atoms. The Kier molecular flexibility index (Phi) is 2.80. The second-order valence-electron chi connectivity index (χ2n) is 2.04. The Morgan fingerprint density at radius 2 is 2.33 bits per heavy atom. The first-order chi connectivity index (χ1) is 5.65. The number of alkyl halides is 1. The summed E-state index contributed by atoms with van der Waals surface area (Å²) < 4.78 is 12.5. The summed E-state index contributed by atoms with van der Waals surface area (Å²) in [6, 6.07) is 0. The normalized spacial score (nSPS) is 23.5. The van der Waals surface area contributed by atoms with E-state index in [0.717, 1.165) is 0 Å². The molecule has 0 bridgehead atoms. The van der Waals surface area contributed by atoms with Gasteiger partial charge in [-0.1, -0.05) is 18.7 Å². The number of carbonyl (C=O) groups excluding carboxylic acids is 2. The summed E-state index contributed by atoms with van der Waals surface area (Å²) in [5.41, 5.74) is 0. The van der Waals surface area contributed by atoms with Crippen molar-refractivity contribution in [3.63, 3.8) is 0 Å². The summed E-state index contributed by atoms with van der Waals surface area (Å²) in [6.07, 6.45) is -2.13. The number of aliphatic imine (C=N–C) groups is 1. The molecule has 1 atom stereocenters. The Morgan fingerprint density at radius 3 is 2.83 bits per heavy atom. The van der Waals surface area contributed by atoms with Crippen LogP contribution >= 0.6 is 11.8 Å². The van der Waals surface area contributed by atoms with Gasteiger partial charge in [-0.3, -0.25) is 9.59 Å². The largest absolute Gasteiger partial charge is 0.302 e. The molecule has 0 radical (unpaired) electrons. The number of rotatable bonds is 1. The van der Waals surface area contributed by atoms with Crippen molar-refractivity contribution in [1.82, 2.24) is 5.32 Å². The van der Waals surface area contributed by atoms with Crippen molar-refractivity contribution in [1.29, 1.82) is 0 Å². The number of thioether (sulfide) groups is 1. The van der Waals surface area contributed by atoms with E-state index in [1.165, 1.54) is 11.8 Å². The van der Waals surface area contributed by atoms with Gasteiger partial charge in [0.15, 0.2) is 5.17 Å². The molecule has 0 saturated heterocycles. The van der Waals surface area contributed by atoms with E-state index in [2.05, 4.69) is 10.3 Å². The minimum Gasteiger partial charge on any atom is -0.302 e. The Morgan fingerprint density at radius 1 is 1.67 bits per heavy atom. The SMILES string of the molecule is CCSC1=NC(=O)C(F)C(=O)N1. The van der Waals surface area contributed by atoms with E-state index in [-0.39, 0.29) is 5.17 Å². The molecular formula is C6H7FN2O2S. The molecule has 2 amide bonds. The van der Waals surface area contributed by atoms with Gasteiger partial charge in [0.1, 0.15) is 0 Å². The van der Waals surface area contributed by atoms with E-state index in [1.54, 1.807) is 0 Å². The van der Waals surface area contributed by atoms with Gasteiger partial charge in [0.2, 0.25) is 0 Å². The maximum atomic E-state index is 12.5. The molecule has 1 unspecified atom stereocenters. The predicted octanol–water partition coefficient (Wildman–Crippen LogP) is 0.0900. The number of hydrogen-bond donors (Lipinski definition) is 1. The van der Waals surface area contributed by atoms with Crippen LogP contribution in [0.3, 0.4) is 0 Å². The van der Waals surface area contributed by atoms with Crippen molar-refractivity contribution in [3.8, 4) is 0 Å². The number of carbonyl (C=O) groups is 2. The predicted molar refractivity (Wildman–Crippen MR) is 43.6 cm³/mol. The highest BCUT2D eigenvalue weighted by molar-refractivity contribution is 8.13. The monoisotopic (exact) mass is 190 g/mol. The van der Waals surface area contributed by atoms with Crippen LogP contribution in [0.5, 0.6) is 0 Å². The molecule has 0 aromatic rings. The summed E-state index contributed by atoms with van der Waals surface area (Å²) in [5, 5.41) is 2.36. The smallest absolute Gasteiger partial charge is 0.292 e. The fourth-order valence-corrected chi connectivity index (χ4v) is 1.27. The van der Waals surface area contributed by atoms with Gasteiger partial charge in [-0.15, -0.1) is 0 Å². The van der Waals surface area contributed by atoms with Gasteiger partial charge >= 0.3 is 0 Å². The number of amides is 2. The van der Waals surface area contributed by atoms with Gasteiger partial charge in [-0.2, -0.15) is 4.99 Å². The van der Waals surface area contributed by atoms with Gasteiger partial charge < -0.3 is 5.32 Å². The maximum absolute atomic E-state index is 12.5. The van der Waals surface area contributed by atoms with Crippen LogP contribution in [0.15, 0.2) is 4.99 Å². The molecule has 4 nitrogen and oxygen atoms in total. The molecule has 66 valence electrons. The second kappa shape index (κ2) is 3.66. The maximum Gasteiger partial charge on any atom is 0.292 e. The van der Waals surface area contributed by atoms with E-state index < -0.39 is 18.0 Å². The highest BCUT2D eigenvalue weighted by atomic mass is 32.2. The van der Waals surface area contributed by atoms with Crippen molar-refractivity contribution in [3.05, 3.63) is 0 Å². The van der Waals surface area contributed by atoms with Crippen LogP contribution in [0.2, 0.25) is 0 Å². The standard InChI is InChI=1S/C6H7FN2O2S/c1-2-12-6-8-4(10)3(7)5(11)9-6/h3H,2H2,1H3,(H,8,9,10,11). The zero-order chi connectivity index (χ0) is 9.14. The average molecular weight is 190 g/mol. The van der Waals surface area contributed by atoms with Crippen LogP contribution in [0.1, 0.15) is 6.92 Å². The third-order valence-corrected chi connectivity index (χ3v) is 1.93. The molecular weight excluding hydrogens is 183 g/mol. The Hall–Kier alpha value is -0.910. The number of nitrogens with one attached hydrogen (secondary N) is 1. The molecule has 12 heavy (non-hydrogen) atoms. The number of nitrogens with zero attached hydrogens (tertiary/aromatic N) is 1. The molecule has 0 saturated carbocycles. The van der Waals surface area contributed by atoms with Crippen LogP contribution in [0.25, 0.3) is 0 Å². The summed E-state index contributed by atoms with van der Waals surface area (Å²) in [5.74, 6) is -1.27. The lowest BCUT2D eigenvalue weighted by atomic mass is 10.3. The quantitative estimate of drug-likeness (QED) is 0.596. The summed E-state index contributed by atoms with van der Waals surface area (Å²) in [6.45, 7) is 1.84. The van der Waals surface area contributed by atoms with Crippen molar-refractivity contribution >= 4 is 28.7 Å². The highest BCUT2D eigenvalue weighted by Crippen LogP contribution is 2.08. The zero-order valence-electron chi connectivity index (χ0n) is 6.33. The van der Waals surface area contributed by atoms with Crippen LogP contribution in [0, 0.1) is 0 Å². The number of hydrogen-bond acceptors (Lipinski definition) is 3. The number of halogens is 1. The summed E-state index contributed by atoms with van der Waals surface area (Å²) in [7, 11) is 0. The topological polar surface area (TPSA) is 58.5 Å². The Bertz CT molecular complexity index is 254. The first-order valence-electron chi connectivity index (χ1n) is 3.35. The van der Waals surface area contributed by atoms with Gasteiger partial charge in [0.05, 0.1) is 0 Å². The summed E-state index contributed by atoms with van der Waals surface area (Å²) in [4.78, 5) is 24.7. The van der Waals surface area contributed by atoms with Crippen LogP contribution in [-0.4, -0.2) is 28.9 Å². The molecule has 1 aliphatic rings. The fraction of sp³-hybridized carbons (Fsp3) is 0.500. The zero-order valence-corrected chi connectivity index (χ0v) is 7.15. The van der Waals surface area contributed by atoms with E-state index >= 15 is 0 Å². The van der Waals surface area contributed by atoms with Crippen molar-refractivity contribution in [2.24, 2.45) is 4.99 Å². The Balaban J connectivity index is 2.74. The molecule has 6 heteroatoms. The van der Waals surface area contributed by atoms with E-state index in [9.17, 15) is 14.0 Å². The molecule has 1 rings (SSSR count). The molecule has 1 heterocycles. The third-order valence-electron chi connectivity index (χ3n) is 1.17. The lowest BCUT2D eigenvalue weighted by Gasteiger charge is -2.13. The minimum atomic E-state index is -2.13. The van der Waals surface area contributed by atoms with Gasteiger partial charge in [-0.05, 0) is 5.75 Å².